The van der Waals surface area contributed by atoms with Crippen molar-refractivity contribution in [1.29, 1.82) is 0 Å². The third-order valence-corrected chi connectivity index (χ3v) is 8.14. The first-order valence-corrected chi connectivity index (χ1v) is 12.7. The highest BCUT2D eigenvalue weighted by Crippen LogP contribution is 2.31. The number of benzene rings is 2. The number of rotatable bonds is 7. The minimum atomic E-state index is -3.55. The number of nitrogens with one attached hydrogen (secondary N) is 1. The predicted octanol–water partition coefficient (Wildman–Crippen LogP) is 2.51. The zero-order valence-electron chi connectivity index (χ0n) is 18.8. The molecule has 0 spiro atoms. The van der Waals surface area contributed by atoms with E-state index in [0.717, 1.165) is 51.1 Å². The van der Waals surface area contributed by atoms with Gasteiger partial charge in [-0.15, -0.1) is 0 Å². The molecule has 2 aromatic carbocycles. The molecule has 2 heterocycles. The minimum Gasteiger partial charge on any atom is -0.374 e. The van der Waals surface area contributed by atoms with Crippen molar-refractivity contribution in [3.63, 3.8) is 0 Å². The van der Waals surface area contributed by atoms with E-state index in [4.69, 9.17) is 0 Å². The Bertz CT molecular complexity index is 999. The van der Waals surface area contributed by atoms with Crippen molar-refractivity contribution in [1.82, 2.24) is 14.5 Å². The second-order valence-corrected chi connectivity index (χ2v) is 10.5. The Morgan fingerprint density at radius 2 is 1.68 bits per heavy atom. The van der Waals surface area contributed by atoms with Crippen LogP contribution in [0.2, 0.25) is 0 Å². The van der Waals surface area contributed by atoms with Crippen LogP contribution >= 0.6 is 0 Å². The van der Waals surface area contributed by atoms with Gasteiger partial charge in [-0.2, -0.15) is 0 Å². The van der Waals surface area contributed by atoms with E-state index in [1.54, 1.807) is 12.1 Å². The van der Waals surface area contributed by atoms with Crippen LogP contribution in [0.25, 0.3) is 0 Å². The summed E-state index contributed by atoms with van der Waals surface area (Å²) >= 11 is 0. The number of aryl methyl sites for hydroxylation is 1. The van der Waals surface area contributed by atoms with Gasteiger partial charge in [0.25, 0.3) is 0 Å². The summed E-state index contributed by atoms with van der Waals surface area (Å²) in [6.07, 6.45) is 1.94. The molecule has 1 N–H and O–H groups in total. The van der Waals surface area contributed by atoms with E-state index in [1.807, 2.05) is 12.1 Å². The van der Waals surface area contributed by atoms with Gasteiger partial charge in [0.05, 0.1) is 4.90 Å². The van der Waals surface area contributed by atoms with Gasteiger partial charge in [-0.3, -0.25) is 4.90 Å². The van der Waals surface area contributed by atoms with Crippen LogP contribution in [0.1, 0.15) is 29.7 Å². The fourth-order valence-corrected chi connectivity index (χ4v) is 5.60. The maximum absolute atomic E-state index is 13.0. The number of fused-ring (bicyclic) bond motifs is 1. The van der Waals surface area contributed by atoms with Crippen LogP contribution in [0.5, 0.6) is 0 Å². The Labute approximate surface area is 186 Å². The minimum absolute atomic E-state index is 0.0228. The van der Waals surface area contributed by atoms with Gasteiger partial charge in [-0.25, -0.2) is 13.1 Å². The van der Waals surface area contributed by atoms with E-state index in [9.17, 15) is 8.42 Å². The van der Waals surface area contributed by atoms with Crippen LogP contribution < -0.4 is 9.62 Å². The molecule has 2 aliphatic rings. The standard InChI is InChI=1S/C24H34N4O2S/c1-4-19-5-8-22(9-6-19)31(29,30)25-18-24(28-15-13-26(2)14-16-28)20-7-10-23-21(17-20)11-12-27(23)3/h5-10,17,24-25H,4,11-16,18H2,1-3H3/t24-/m1/s1. The van der Waals surface area contributed by atoms with Gasteiger partial charge in [-0.05, 0) is 54.8 Å². The van der Waals surface area contributed by atoms with Crippen LogP contribution in [0.3, 0.4) is 0 Å². The van der Waals surface area contributed by atoms with Crippen LogP contribution in [-0.4, -0.2) is 71.6 Å². The van der Waals surface area contributed by atoms with E-state index in [-0.39, 0.29) is 6.04 Å². The molecule has 168 valence electrons. The molecule has 31 heavy (non-hydrogen) atoms. The molecule has 1 saturated heterocycles. The van der Waals surface area contributed by atoms with Gasteiger partial charge < -0.3 is 9.80 Å². The van der Waals surface area contributed by atoms with Gasteiger partial charge in [0.15, 0.2) is 0 Å². The Morgan fingerprint density at radius 3 is 2.35 bits per heavy atom. The van der Waals surface area contributed by atoms with Crippen molar-refractivity contribution in [3.05, 3.63) is 59.2 Å². The summed E-state index contributed by atoms with van der Waals surface area (Å²) in [6, 6.07) is 13.9. The molecule has 0 radical (unpaired) electrons. The summed E-state index contributed by atoms with van der Waals surface area (Å²) in [4.78, 5) is 7.36. The molecule has 4 rings (SSSR count). The molecule has 0 aromatic heterocycles. The van der Waals surface area contributed by atoms with Gasteiger partial charge in [0.1, 0.15) is 0 Å². The van der Waals surface area contributed by atoms with E-state index in [1.165, 1.54) is 16.8 Å². The average molecular weight is 443 g/mol. The molecular weight excluding hydrogens is 408 g/mol. The summed E-state index contributed by atoms with van der Waals surface area (Å²) in [6.45, 7) is 7.34. The largest absolute Gasteiger partial charge is 0.374 e. The highest BCUT2D eigenvalue weighted by molar-refractivity contribution is 7.89. The summed E-state index contributed by atoms with van der Waals surface area (Å²) in [5.41, 5.74) is 4.98. The number of hydrogen-bond donors (Lipinski definition) is 1. The first kappa shape index (κ1) is 22.3. The van der Waals surface area contributed by atoms with Gasteiger partial charge in [0.2, 0.25) is 10.0 Å². The smallest absolute Gasteiger partial charge is 0.240 e. The number of nitrogens with zero attached hydrogens (tertiary/aromatic N) is 3. The molecule has 0 amide bonds. The molecule has 2 aromatic rings. The summed E-state index contributed by atoms with van der Waals surface area (Å²) < 4.78 is 28.9. The van der Waals surface area contributed by atoms with Crippen molar-refractivity contribution < 1.29 is 8.42 Å². The van der Waals surface area contributed by atoms with Crippen molar-refractivity contribution in [3.8, 4) is 0 Å². The number of hydrogen-bond acceptors (Lipinski definition) is 5. The lowest BCUT2D eigenvalue weighted by molar-refractivity contribution is 0.113. The monoisotopic (exact) mass is 442 g/mol. The Balaban J connectivity index is 1.56. The zero-order valence-corrected chi connectivity index (χ0v) is 19.7. The van der Waals surface area contributed by atoms with Crippen molar-refractivity contribution in [2.24, 2.45) is 0 Å². The first-order chi connectivity index (χ1) is 14.9. The van der Waals surface area contributed by atoms with E-state index in [2.05, 4.69) is 58.6 Å². The Hall–Kier alpha value is -1.93. The lowest BCUT2D eigenvalue weighted by atomic mass is 10.0. The lowest BCUT2D eigenvalue weighted by Crippen LogP contribution is -2.48. The van der Waals surface area contributed by atoms with Crippen LogP contribution in [0.15, 0.2) is 47.4 Å². The molecule has 0 unspecified atom stereocenters. The predicted molar refractivity (Wildman–Crippen MR) is 126 cm³/mol. The SMILES string of the molecule is CCc1ccc(S(=O)(=O)NC[C@H](c2ccc3c(c2)CCN3C)N2CCN(C)CC2)cc1. The van der Waals surface area contributed by atoms with Crippen molar-refractivity contribution >= 4 is 15.7 Å². The summed E-state index contributed by atoms with van der Waals surface area (Å²) in [5.74, 6) is 0. The fraction of sp³-hybridized carbons (Fsp3) is 0.500. The second kappa shape index (κ2) is 9.28. The normalized spacial score (nSPS) is 18.9. The molecule has 0 aliphatic carbocycles. The molecule has 1 fully saturated rings. The van der Waals surface area contributed by atoms with Crippen LogP contribution in [0, 0.1) is 0 Å². The Morgan fingerprint density at radius 1 is 0.968 bits per heavy atom. The number of sulfonamides is 1. The average Bonchev–Trinajstić information content (AvgIpc) is 3.15. The number of anilines is 1. The number of piperazine rings is 1. The molecule has 6 nitrogen and oxygen atoms in total. The third-order valence-electron chi connectivity index (χ3n) is 6.70. The van der Waals surface area contributed by atoms with E-state index in [0.29, 0.717) is 11.4 Å². The highest BCUT2D eigenvalue weighted by Gasteiger charge is 2.27. The van der Waals surface area contributed by atoms with Gasteiger partial charge in [-0.1, -0.05) is 31.2 Å². The quantitative estimate of drug-likeness (QED) is 0.714. The maximum atomic E-state index is 13.0. The molecule has 7 heteroatoms. The van der Waals surface area contributed by atoms with Crippen LogP contribution in [-0.2, 0) is 22.9 Å². The van der Waals surface area contributed by atoms with Crippen molar-refractivity contribution in [2.45, 2.75) is 30.7 Å². The second-order valence-electron chi connectivity index (χ2n) is 8.76. The van der Waals surface area contributed by atoms with Gasteiger partial charge >= 0.3 is 0 Å². The summed E-state index contributed by atoms with van der Waals surface area (Å²) in [7, 11) is 0.712. The Kier molecular flexibility index (Phi) is 6.67. The molecule has 0 bridgehead atoms. The first-order valence-electron chi connectivity index (χ1n) is 11.2. The van der Waals surface area contributed by atoms with E-state index < -0.39 is 10.0 Å². The molecule has 2 aliphatic heterocycles. The maximum Gasteiger partial charge on any atom is 0.240 e. The number of likely N-dealkylation sites (N-methyl/N-ethyl adjacent to an activating group) is 2. The summed E-state index contributed by atoms with van der Waals surface area (Å²) in [5, 5.41) is 0. The molecule has 1 atom stereocenters. The van der Waals surface area contributed by atoms with Crippen LogP contribution in [0.4, 0.5) is 5.69 Å². The van der Waals surface area contributed by atoms with E-state index >= 15 is 0 Å². The topological polar surface area (TPSA) is 55.9 Å². The highest BCUT2D eigenvalue weighted by atomic mass is 32.2. The zero-order chi connectivity index (χ0) is 22.0. The lowest BCUT2D eigenvalue weighted by Gasteiger charge is -2.38. The fourth-order valence-electron chi connectivity index (χ4n) is 4.56. The molecule has 0 saturated carbocycles. The van der Waals surface area contributed by atoms with Gasteiger partial charge in [0, 0.05) is 58.0 Å². The van der Waals surface area contributed by atoms with Crippen molar-refractivity contribution in [2.75, 3.05) is 58.3 Å². The molecular formula is C24H34N4O2S. The third kappa shape index (κ3) is 4.95.